The number of rotatable bonds is 11. The molecular weight excluding hydrogens is 570 g/mol. The van der Waals surface area contributed by atoms with Crippen LogP contribution in [0.1, 0.15) is 18.1 Å². The minimum atomic E-state index is -1.08. The largest absolute Gasteiger partial charge is 0.497 e. The lowest BCUT2D eigenvalue weighted by Gasteiger charge is -2.11. The number of methoxy groups -OCH3 is 2. The molecule has 0 aliphatic carbocycles. The number of hydrogen-bond acceptors (Lipinski definition) is 7. The Labute approximate surface area is 233 Å². The van der Waals surface area contributed by atoms with Crippen LogP contribution >= 0.6 is 27.7 Å². The van der Waals surface area contributed by atoms with Crippen LogP contribution in [-0.4, -0.2) is 40.1 Å². The third kappa shape index (κ3) is 6.56. The van der Waals surface area contributed by atoms with Crippen molar-refractivity contribution < 1.29 is 24.1 Å². The number of aliphatic carboxylic acids is 1. The molecule has 0 aliphatic rings. The van der Waals surface area contributed by atoms with Gasteiger partial charge in [-0.25, -0.2) is 4.79 Å². The van der Waals surface area contributed by atoms with E-state index in [2.05, 4.69) is 26.1 Å². The van der Waals surface area contributed by atoms with Gasteiger partial charge in [-0.3, -0.25) is 0 Å². The zero-order valence-corrected chi connectivity index (χ0v) is 23.5. The molecule has 0 bridgehead atoms. The highest BCUT2D eigenvalue weighted by atomic mass is 79.9. The molecule has 1 aromatic heterocycles. The van der Waals surface area contributed by atoms with Gasteiger partial charge < -0.3 is 23.9 Å². The van der Waals surface area contributed by atoms with Gasteiger partial charge >= 0.3 is 5.97 Å². The summed E-state index contributed by atoms with van der Waals surface area (Å²) in [4.78, 5) is 12.3. The van der Waals surface area contributed by atoms with E-state index in [-0.39, 0.29) is 4.91 Å². The van der Waals surface area contributed by atoms with Crippen LogP contribution in [0.25, 0.3) is 17.5 Å². The van der Waals surface area contributed by atoms with Crippen LogP contribution in [0, 0.1) is 0 Å². The summed E-state index contributed by atoms with van der Waals surface area (Å²) < 4.78 is 19.6. The quantitative estimate of drug-likeness (QED) is 0.154. The molecule has 0 radical (unpaired) electrons. The van der Waals surface area contributed by atoms with E-state index in [0.29, 0.717) is 46.9 Å². The average Bonchev–Trinajstić information content (AvgIpc) is 3.35. The topological polar surface area (TPSA) is 95.7 Å². The number of halogens is 1. The van der Waals surface area contributed by atoms with Crippen LogP contribution in [0.3, 0.4) is 0 Å². The molecule has 3 aromatic carbocycles. The molecular formula is C28H26BrN3O5S. The van der Waals surface area contributed by atoms with Gasteiger partial charge in [-0.15, -0.1) is 10.2 Å². The first-order valence-electron chi connectivity index (χ1n) is 11.7. The Morgan fingerprint density at radius 1 is 1.03 bits per heavy atom. The monoisotopic (exact) mass is 595 g/mol. The van der Waals surface area contributed by atoms with Gasteiger partial charge in [0.2, 0.25) is 0 Å². The predicted octanol–water partition coefficient (Wildman–Crippen LogP) is 6.54. The Bertz CT molecular complexity index is 1430. The number of benzene rings is 3. The Morgan fingerprint density at radius 3 is 2.34 bits per heavy atom. The Balaban J connectivity index is 1.63. The molecule has 4 aromatic rings. The molecule has 10 heteroatoms. The molecule has 1 N–H and O–H groups in total. The zero-order valence-electron chi connectivity index (χ0n) is 21.1. The van der Waals surface area contributed by atoms with Crippen molar-refractivity contribution in [2.75, 3.05) is 14.2 Å². The molecule has 1 heterocycles. The first-order valence-corrected chi connectivity index (χ1v) is 13.3. The molecule has 38 heavy (non-hydrogen) atoms. The van der Waals surface area contributed by atoms with E-state index in [0.717, 1.165) is 27.4 Å². The highest BCUT2D eigenvalue weighted by Gasteiger charge is 2.20. The first kappa shape index (κ1) is 27.3. The van der Waals surface area contributed by atoms with Crippen molar-refractivity contribution in [2.45, 2.75) is 25.2 Å². The van der Waals surface area contributed by atoms with Crippen molar-refractivity contribution in [2.24, 2.45) is 0 Å². The lowest BCUT2D eigenvalue weighted by Crippen LogP contribution is -2.03. The van der Waals surface area contributed by atoms with Gasteiger partial charge in [-0.1, -0.05) is 46.3 Å². The molecule has 0 amide bonds. The van der Waals surface area contributed by atoms with E-state index in [1.54, 1.807) is 26.4 Å². The van der Waals surface area contributed by atoms with E-state index in [1.807, 2.05) is 72.2 Å². The summed E-state index contributed by atoms with van der Waals surface area (Å²) in [6.07, 6.45) is 1.59. The maximum absolute atomic E-state index is 12.2. The van der Waals surface area contributed by atoms with Crippen molar-refractivity contribution >= 4 is 39.7 Å². The molecule has 0 saturated heterocycles. The van der Waals surface area contributed by atoms with Crippen molar-refractivity contribution in [1.82, 2.24) is 14.8 Å². The second-order valence-corrected chi connectivity index (χ2v) is 9.95. The van der Waals surface area contributed by atoms with Crippen molar-refractivity contribution in [3.8, 4) is 28.6 Å². The molecule has 0 unspecified atom stereocenters. The summed E-state index contributed by atoms with van der Waals surface area (Å²) in [5.41, 5.74) is 2.39. The number of aromatic nitrogens is 3. The van der Waals surface area contributed by atoms with Gasteiger partial charge in [0.25, 0.3) is 0 Å². The van der Waals surface area contributed by atoms with Crippen LogP contribution in [0.4, 0.5) is 0 Å². The summed E-state index contributed by atoms with van der Waals surface area (Å²) in [6.45, 7) is 2.83. The van der Waals surface area contributed by atoms with Gasteiger partial charge in [0.05, 0.1) is 14.2 Å². The number of para-hydroxylation sites is 1. The second-order valence-electron chi connectivity index (χ2n) is 8.02. The van der Waals surface area contributed by atoms with Crippen LogP contribution in [0.15, 0.2) is 81.3 Å². The van der Waals surface area contributed by atoms with Gasteiger partial charge in [-0.05, 0) is 60.7 Å². The summed E-state index contributed by atoms with van der Waals surface area (Å²) in [7, 11) is 3.16. The lowest BCUT2D eigenvalue weighted by atomic mass is 10.2. The SMILES string of the molecule is CCn1c(S/C(=C\c2ccccc2OCc2ccc(Br)cc2)C(=O)O)nnc1-c1cc(OC)cc(OC)c1. The lowest BCUT2D eigenvalue weighted by molar-refractivity contribution is -0.131. The Hall–Kier alpha value is -3.76. The highest BCUT2D eigenvalue weighted by molar-refractivity contribution is 9.10. The molecule has 0 saturated carbocycles. The molecule has 0 aliphatic heterocycles. The number of ether oxygens (including phenoxy) is 3. The zero-order chi connectivity index (χ0) is 27.1. The van der Waals surface area contributed by atoms with Crippen LogP contribution < -0.4 is 14.2 Å². The summed E-state index contributed by atoms with van der Waals surface area (Å²) in [5.74, 6) is 1.31. The Kier molecular flexibility index (Phi) is 9.09. The van der Waals surface area contributed by atoms with E-state index in [4.69, 9.17) is 14.2 Å². The number of thioether (sulfide) groups is 1. The molecule has 0 spiro atoms. The van der Waals surface area contributed by atoms with Gasteiger partial charge in [0.1, 0.15) is 28.8 Å². The number of carboxylic acid groups (broad SMARTS) is 1. The average molecular weight is 597 g/mol. The minimum Gasteiger partial charge on any atom is -0.497 e. The molecule has 0 atom stereocenters. The van der Waals surface area contributed by atoms with Gasteiger partial charge in [0, 0.05) is 28.2 Å². The maximum Gasteiger partial charge on any atom is 0.342 e. The van der Waals surface area contributed by atoms with Crippen LogP contribution in [0.5, 0.6) is 17.2 Å². The minimum absolute atomic E-state index is 0.0848. The predicted molar refractivity (Wildman–Crippen MR) is 151 cm³/mol. The fourth-order valence-corrected chi connectivity index (χ4v) is 4.79. The molecule has 0 fully saturated rings. The summed E-state index contributed by atoms with van der Waals surface area (Å²) in [5, 5.41) is 19.1. The van der Waals surface area contributed by atoms with Gasteiger partial charge in [0.15, 0.2) is 11.0 Å². The summed E-state index contributed by atoms with van der Waals surface area (Å²) in [6, 6.07) is 20.6. The third-order valence-corrected chi connectivity index (χ3v) is 7.09. The fourth-order valence-electron chi connectivity index (χ4n) is 3.65. The van der Waals surface area contributed by atoms with Crippen molar-refractivity contribution in [3.05, 3.63) is 87.2 Å². The smallest absolute Gasteiger partial charge is 0.342 e. The Morgan fingerprint density at radius 2 is 1.71 bits per heavy atom. The van der Waals surface area contributed by atoms with Crippen LogP contribution in [-0.2, 0) is 17.9 Å². The molecule has 4 rings (SSSR count). The van der Waals surface area contributed by atoms with Crippen LogP contribution in [0.2, 0.25) is 0 Å². The number of carbonyl (C=O) groups is 1. The molecule has 8 nitrogen and oxygen atoms in total. The number of nitrogens with zero attached hydrogens (tertiary/aromatic N) is 3. The maximum atomic E-state index is 12.2. The first-order chi connectivity index (χ1) is 18.4. The van der Waals surface area contributed by atoms with E-state index < -0.39 is 5.97 Å². The number of carboxylic acids is 1. The summed E-state index contributed by atoms with van der Waals surface area (Å²) >= 11 is 4.46. The second kappa shape index (κ2) is 12.7. The van der Waals surface area contributed by atoms with E-state index in [1.165, 1.54) is 0 Å². The van der Waals surface area contributed by atoms with Gasteiger partial charge in [-0.2, -0.15) is 0 Å². The van der Waals surface area contributed by atoms with E-state index >= 15 is 0 Å². The number of hydrogen-bond donors (Lipinski definition) is 1. The molecule has 196 valence electrons. The standard InChI is InChI=1S/C28H26BrN3O5S/c1-4-32-26(20-13-22(35-2)16-23(14-20)36-3)30-31-28(32)38-25(27(33)34)15-19-7-5-6-8-24(19)37-17-18-9-11-21(29)12-10-18/h5-16H,4,17H2,1-3H3,(H,33,34)/b25-15-. The fraction of sp³-hybridized carbons (Fsp3) is 0.179. The van der Waals surface area contributed by atoms with E-state index in [9.17, 15) is 9.90 Å². The normalized spacial score (nSPS) is 11.3. The highest BCUT2D eigenvalue weighted by Crippen LogP contribution is 2.34. The third-order valence-electron chi connectivity index (χ3n) is 5.57. The van der Waals surface area contributed by atoms with Crippen molar-refractivity contribution in [3.63, 3.8) is 0 Å². The van der Waals surface area contributed by atoms with Crippen molar-refractivity contribution in [1.29, 1.82) is 0 Å².